The molecule has 0 aromatic carbocycles. The third kappa shape index (κ3) is 3.22. The molecule has 3 atom stereocenters. The van der Waals surface area contributed by atoms with Gasteiger partial charge in [-0.15, -0.1) is 0 Å². The van der Waals surface area contributed by atoms with Crippen molar-refractivity contribution in [1.29, 1.82) is 0 Å². The second-order valence-electron chi connectivity index (χ2n) is 4.12. The number of nitrogens with zero attached hydrogens (tertiary/aromatic N) is 1. The standard InChI is InChI=1S/C11H20N2O/c1-3-10(13-14)11-6-4-5-9(2)7-8-12-11/h4,6,9-12H,3,5,7-8H2,1-2H3. The fourth-order valence-electron chi connectivity index (χ4n) is 1.80. The van der Waals surface area contributed by atoms with Gasteiger partial charge in [-0.3, -0.25) is 0 Å². The van der Waals surface area contributed by atoms with Crippen LogP contribution in [0.25, 0.3) is 0 Å². The van der Waals surface area contributed by atoms with Gasteiger partial charge in [-0.25, -0.2) is 0 Å². The van der Waals surface area contributed by atoms with E-state index in [1.807, 2.05) is 6.92 Å². The summed E-state index contributed by atoms with van der Waals surface area (Å²) in [5.41, 5.74) is 0. The number of hydrogen-bond acceptors (Lipinski definition) is 3. The van der Waals surface area contributed by atoms with Crippen molar-refractivity contribution in [3.63, 3.8) is 0 Å². The van der Waals surface area contributed by atoms with Crippen LogP contribution in [0.1, 0.15) is 33.1 Å². The Morgan fingerprint density at radius 3 is 3.07 bits per heavy atom. The van der Waals surface area contributed by atoms with E-state index < -0.39 is 0 Å². The molecule has 1 N–H and O–H groups in total. The van der Waals surface area contributed by atoms with Crippen LogP contribution in [0.5, 0.6) is 0 Å². The average molecular weight is 196 g/mol. The monoisotopic (exact) mass is 196 g/mol. The fourth-order valence-corrected chi connectivity index (χ4v) is 1.80. The summed E-state index contributed by atoms with van der Waals surface area (Å²) < 4.78 is 0. The summed E-state index contributed by atoms with van der Waals surface area (Å²) in [7, 11) is 0. The largest absolute Gasteiger partial charge is 0.309 e. The highest BCUT2D eigenvalue weighted by Crippen LogP contribution is 2.13. The zero-order valence-corrected chi connectivity index (χ0v) is 9.07. The molecule has 0 fully saturated rings. The molecule has 3 heteroatoms. The maximum absolute atomic E-state index is 10.6. The zero-order chi connectivity index (χ0) is 10.4. The predicted octanol–water partition coefficient (Wildman–Crippen LogP) is 2.48. The van der Waals surface area contributed by atoms with Crippen LogP contribution in [-0.2, 0) is 0 Å². The van der Waals surface area contributed by atoms with Crippen LogP contribution in [0.2, 0.25) is 0 Å². The highest BCUT2D eigenvalue weighted by atomic mass is 16.3. The Morgan fingerprint density at radius 2 is 2.43 bits per heavy atom. The minimum absolute atomic E-state index is 0.111. The van der Waals surface area contributed by atoms with E-state index >= 15 is 0 Å². The van der Waals surface area contributed by atoms with Crippen LogP contribution >= 0.6 is 0 Å². The Morgan fingerprint density at radius 1 is 1.64 bits per heavy atom. The van der Waals surface area contributed by atoms with Gasteiger partial charge in [0.15, 0.2) is 0 Å². The molecule has 14 heavy (non-hydrogen) atoms. The van der Waals surface area contributed by atoms with Crippen LogP contribution in [0.4, 0.5) is 0 Å². The highest BCUT2D eigenvalue weighted by molar-refractivity contribution is 5.01. The summed E-state index contributed by atoms with van der Waals surface area (Å²) in [6.07, 6.45) is 7.38. The summed E-state index contributed by atoms with van der Waals surface area (Å²) in [5, 5.41) is 6.53. The number of nitroso groups, excluding NO2 is 1. The van der Waals surface area contributed by atoms with Crippen molar-refractivity contribution in [3.05, 3.63) is 17.1 Å². The summed E-state index contributed by atoms with van der Waals surface area (Å²) in [5.74, 6) is 0.740. The molecule has 3 nitrogen and oxygen atoms in total. The number of hydrogen-bond donors (Lipinski definition) is 1. The molecule has 0 saturated carbocycles. The van der Waals surface area contributed by atoms with Crippen LogP contribution in [-0.4, -0.2) is 18.6 Å². The topological polar surface area (TPSA) is 41.5 Å². The molecule has 80 valence electrons. The van der Waals surface area contributed by atoms with Crippen molar-refractivity contribution >= 4 is 0 Å². The number of rotatable bonds is 3. The van der Waals surface area contributed by atoms with Gasteiger partial charge in [-0.2, -0.15) is 4.91 Å². The summed E-state index contributed by atoms with van der Waals surface area (Å²) in [4.78, 5) is 10.6. The second kappa shape index (κ2) is 5.91. The quantitative estimate of drug-likeness (QED) is 0.556. The van der Waals surface area contributed by atoms with Crippen LogP contribution < -0.4 is 5.32 Å². The molecule has 0 radical (unpaired) electrons. The lowest BCUT2D eigenvalue weighted by atomic mass is 9.98. The van der Waals surface area contributed by atoms with E-state index in [0.717, 1.165) is 25.3 Å². The normalized spacial score (nSPS) is 30.4. The van der Waals surface area contributed by atoms with E-state index in [0.29, 0.717) is 0 Å². The van der Waals surface area contributed by atoms with Gasteiger partial charge in [0.25, 0.3) is 0 Å². The van der Waals surface area contributed by atoms with Gasteiger partial charge in [0.05, 0.1) is 6.04 Å². The average Bonchev–Trinajstić information content (AvgIpc) is 2.15. The number of allylic oxidation sites excluding steroid dienone is 1. The third-order valence-corrected chi connectivity index (χ3v) is 2.87. The van der Waals surface area contributed by atoms with E-state index in [9.17, 15) is 4.91 Å². The molecular weight excluding hydrogens is 176 g/mol. The molecule has 0 bridgehead atoms. The van der Waals surface area contributed by atoms with Crippen molar-refractivity contribution in [3.8, 4) is 0 Å². The first kappa shape index (κ1) is 11.4. The van der Waals surface area contributed by atoms with Gasteiger partial charge in [0.1, 0.15) is 6.04 Å². The molecule has 3 unspecified atom stereocenters. The van der Waals surface area contributed by atoms with Gasteiger partial charge in [0, 0.05) is 0 Å². The highest BCUT2D eigenvalue weighted by Gasteiger charge is 2.18. The molecule has 1 aliphatic heterocycles. The van der Waals surface area contributed by atoms with E-state index in [2.05, 4.69) is 29.6 Å². The summed E-state index contributed by atoms with van der Waals surface area (Å²) >= 11 is 0. The lowest BCUT2D eigenvalue weighted by molar-refractivity contribution is 0.428. The number of nitrogens with one attached hydrogen (secondary N) is 1. The summed E-state index contributed by atoms with van der Waals surface area (Å²) in [6, 6.07) is 0.0321. The smallest absolute Gasteiger partial charge is 0.110 e. The van der Waals surface area contributed by atoms with Gasteiger partial charge in [0.2, 0.25) is 0 Å². The minimum atomic E-state index is -0.111. The molecule has 1 heterocycles. The molecule has 0 aliphatic carbocycles. The van der Waals surface area contributed by atoms with E-state index in [1.165, 1.54) is 6.42 Å². The molecule has 1 rings (SSSR count). The van der Waals surface area contributed by atoms with Crippen LogP contribution in [0, 0.1) is 10.8 Å². The first-order chi connectivity index (χ1) is 6.77. The minimum Gasteiger partial charge on any atom is -0.309 e. The molecule has 0 aromatic rings. The van der Waals surface area contributed by atoms with E-state index in [4.69, 9.17) is 0 Å². The first-order valence-electron chi connectivity index (χ1n) is 5.50. The Labute approximate surface area is 85.9 Å². The SMILES string of the molecule is CCC(N=O)C1C=CCC(C)CCN1. The Hall–Kier alpha value is -0.700. The molecule has 0 spiro atoms. The molecule has 1 aliphatic rings. The van der Waals surface area contributed by atoms with Gasteiger partial charge in [-0.1, -0.05) is 31.2 Å². The maximum atomic E-state index is 10.6. The van der Waals surface area contributed by atoms with Crippen molar-refractivity contribution in [1.82, 2.24) is 5.32 Å². The molecule has 0 amide bonds. The zero-order valence-electron chi connectivity index (χ0n) is 9.07. The van der Waals surface area contributed by atoms with Gasteiger partial charge < -0.3 is 5.32 Å². The van der Waals surface area contributed by atoms with E-state index in [1.54, 1.807) is 0 Å². The predicted molar refractivity (Wildman–Crippen MR) is 59.2 cm³/mol. The Kier molecular flexibility index (Phi) is 4.80. The van der Waals surface area contributed by atoms with E-state index in [-0.39, 0.29) is 12.1 Å². The van der Waals surface area contributed by atoms with Gasteiger partial charge >= 0.3 is 0 Å². The first-order valence-corrected chi connectivity index (χ1v) is 5.50. The Balaban J connectivity index is 2.55. The summed E-state index contributed by atoms with van der Waals surface area (Å²) in [6.45, 7) is 5.24. The Bertz CT molecular complexity index is 203. The third-order valence-electron chi connectivity index (χ3n) is 2.87. The van der Waals surface area contributed by atoms with Crippen molar-refractivity contribution < 1.29 is 0 Å². The molecular formula is C11H20N2O. The van der Waals surface area contributed by atoms with Crippen molar-refractivity contribution in [2.75, 3.05) is 6.54 Å². The lowest BCUT2D eigenvalue weighted by Crippen LogP contribution is -2.38. The second-order valence-corrected chi connectivity index (χ2v) is 4.12. The van der Waals surface area contributed by atoms with Crippen molar-refractivity contribution in [2.24, 2.45) is 11.1 Å². The van der Waals surface area contributed by atoms with Crippen LogP contribution in [0.15, 0.2) is 17.3 Å². The maximum Gasteiger partial charge on any atom is 0.110 e. The van der Waals surface area contributed by atoms with Crippen LogP contribution in [0.3, 0.4) is 0 Å². The molecule has 0 saturated heterocycles. The molecule has 0 aromatic heterocycles. The lowest BCUT2D eigenvalue weighted by Gasteiger charge is -2.22. The van der Waals surface area contributed by atoms with Crippen molar-refractivity contribution in [2.45, 2.75) is 45.2 Å². The van der Waals surface area contributed by atoms with Gasteiger partial charge in [-0.05, 0) is 31.7 Å². The fraction of sp³-hybridized carbons (Fsp3) is 0.818.